The zero-order valence-electron chi connectivity index (χ0n) is 10.0. The summed E-state index contributed by atoms with van der Waals surface area (Å²) in [6.45, 7) is 11.5. The third-order valence-corrected chi connectivity index (χ3v) is 2.48. The van der Waals surface area contributed by atoms with Gasteiger partial charge in [0.1, 0.15) is 0 Å². The predicted octanol–water partition coefficient (Wildman–Crippen LogP) is 2.82. The molecule has 0 saturated carbocycles. The van der Waals surface area contributed by atoms with Crippen molar-refractivity contribution in [3.63, 3.8) is 0 Å². The molecule has 1 saturated heterocycles. The summed E-state index contributed by atoms with van der Waals surface area (Å²) in [4.78, 5) is 0. The molecular weight excluding hydrogens is 176 g/mol. The molecule has 0 bridgehead atoms. The lowest BCUT2D eigenvalue weighted by Crippen LogP contribution is -2.41. The Morgan fingerprint density at radius 1 is 1.29 bits per heavy atom. The molecule has 0 amide bonds. The van der Waals surface area contributed by atoms with Gasteiger partial charge in [-0.15, -0.1) is 0 Å². The minimum absolute atomic E-state index is 0.220. The molecule has 1 radical (unpaired) electrons. The standard InChI is InChI=1S/C12H23O2/c1-9-8-13-11(10(2)14-9)6-7-12(3,4)5/h7,9-11H,6,8H2,1-5H3. The van der Waals surface area contributed by atoms with Crippen molar-refractivity contribution >= 4 is 0 Å². The monoisotopic (exact) mass is 199 g/mol. The third kappa shape index (κ3) is 3.97. The van der Waals surface area contributed by atoms with Crippen LogP contribution in [-0.4, -0.2) is 24.9 Å². The van der Waals surface area contributed by atoms with Crippen molar-refractivity contribution < 1.29 is 9.47 Å². The van der Waals surface area contributed by atoms with Crippen LogP contribution in [0.1, 0.15) is 41.0 Å². The Bertz CT molecular complexity index is 172. The highest BCUT2D eigenvalue weighted by Gasteiger charge is 2.27. The Balaban J connectivity index is 2.31. The largest absolute Gasteiger partial charge is 0.373 e. The SMILES string of the molecule is CC1COC(C[CH]C(C)(C)C)C(C)O1. The van der Waals surface area contributed by atoms with Gasteiger partial charge in [0.2, 0.25) is 0 Å². The van der Waals surface area contributed by atoms with Gasteiger partial charge in [-0.05, 0) is 32.1 Å². The molecule has 0 spiro atoms. The summed E-state index contributed by atoms with van der Waals surface area (Å²) < 4.78 is 11.5. The summed E-state index contributed by atoms with van der Waals surface area (Å²) in [7, 11) is 0. The summed E-state index contributed by atoms with van der Waals surface area (Å²) in [6.07, 6.45) is 4.00. The first-order valence-corrected chi connectivity index (χ1v) is 5.50. The molecule has 0 N–H and O–H groups in total. The van der Waals surface area contributed by atoms with Crippen LogP contribution in [0.15, 0.2) is 0 Å². The molecule has 0 aromatic heterocycles. The van der Waals surface area contributed by atoms with E-state index in [0.29, 0.717) is 0 Å². The molecule has 1 aliphatic heterocycles. The fraction of sp³-hybridized carbons (Fsp3) is 0.917. The van der Waals surface area contributed by atoms with Gasteiger partial charge in [0.15, 0.2) is 0 Å². The van der Waals surface area contributed by atoms with Crippen molar-refractivity contribution in [2.45, 2.75) is 59.4 Å². The molecule has 3 unspecified atom stereocenters. The van der Waals surface area contributed by atoms with Crippen LogP contribution in [0.25, 0.3) is 0 Å². The Morgan fingerprint density at radius 3 is 2.43 bits per heavy atom. The van der Waals surface area contributed by atoms with E-state index in [0.717, 1.165) is 13.0 Å². The van der Waals surface area contributed by atoms with Gasteiger partial charge < -0.3 is 9.47 Å². The first kappa shape index (κ1) is 12.0. The van der Waals surface area contributed by atoms with Gasteiger partial charge in [-0.2, -0.15) is 0 Å². The third-order valence-electron chi connectivity index (χ3n) is 2.48. The van der Waals surface area contributed by atoms with Gasteiger partial charge in [0, 0.05) is 0 Å². The summed E-state index contributed by atoms with van der Waals surface area (Å²) in [6, 6.07) is 0. The Labute approximate surface area is 88.0 Å². The molecule has 3 atom stereocenters. The fourth-order valence-electron chi connectivity index (χ4n) is 1.62. The average molecular weight is 199 g/mol. The van der Waals surface area contributed by atoms with E-state index in [1.54, 1.807) is 0 Å². The minimum atomic E-state index is 0.220. The molecule has 0 aromatic rings. The van der Waals surface area contributed by atoms with E-state index in [1.807, 2.05) is 0 Å². The van der Waals surface area contributed by atoms with Crippen molar-refractivity contribution in [3.8, 4) is 0 Å². The number of hydrogen-bond acceptors (Lipinski definition) is 2. The predicted molar refractivity (Wildman–Crippen MR) is 58.1 cm³/mol. The van der Waals surface area contributed by atoms with Gasteiger partial charge in [-0.25, -0.2) is 0 Å². The average Bonchev–Trinajstić information content (AvgIpc) is 2.00. The highest BCUT2D eigenvalue weighted by molar-refractivity contribution is 4.86. The van der Waals surface area contributed by atoms with E-state index in [4.69, 9.17) is 9.47 Å². The molecule has 0 aromatic carbocycles. The van der Waals surface area contributed by atoms with Crippen LogP contribution in [0, 0.1) is 11.8 Å². The number of ether oxygens (including phenoxy) is 2. The van der Waals surface area contributed by atoms with Gasteiger partial charge >= 0.3 is 0 Å². The van der Waals surface area contributed by atoms with Crippen LogP contribution in [-0.2, 0) is 9.47 Å². The highest BCUT2D eigenvalue weighted by Crippen LogP contribution is 2.25. The van der Waals surface area contributed by atoms with Crippen LogP contribution in [0.3, 0.4) is 0 Å². The van der Waals surface area contributed by atoms with E-state index >= 15 is 0 Å². The first-order chi connectivity index (χ1) is 6.38. The lowest BCUT2D eigenvalue weighted by Gasteiger charge is -2.34. The Morgan fingerprint density at radius 2 is 1.93 bits per heavy atom. The van der Waals surface area contributed by atoms with Gasteiger partial charge in [0.05, 0.1) is 24.9 Å². The van der Waals surface area contributed by atoms with E-state index in [-0.39, 0.29) is 23.7 Å². The molecule has 1 rings (SSSR count). The van der Waals surface area contributed by atoms with Crippen LogP contribution in [0.4, 0.5) is 0 Å². The molecule has 2 nitrogen and oxygen atoms in total. The highest BCUT2D eigenvalue weighted by atomic mass is 16.6. The van der Waals surface area contributed by atoms with Crippen molar-refractivity contribution in [1.29, 1.82) is 0 Å². The zero-order valence-corrected chi connectivity index (χ0v) is 10.0. The van der Waals surface area contributed by atoms with Crippen LogP contribution in [0.2, 0.25) is 0 Å². The van der Waals surface area contributed by atoms with Crippen molar-refractivity contribution in [2.24, 2.45) is 5.41 Å². The molecule has 0 aliphatic carbocycles. The van der Waals surface area contributed by atoms with Gasteiger partial charge in [0.25, 0.3) is 0 Å². The maximum Gasteiger partial charge on any atom is 0.0838 e. The molecule has 14 heavy (non-hydrogen) atoms. The van der Waals surface area contributed by atoms with E-state index in [2.05, 4.69) is 41.0 Å². The van der Waals surface area contributed by atoms with Crippen molar-refractivity contribution in [1.82, 2.24) is 0 Å². The maximum absolute atomic E-state index is 5.74. The molecule has 2 heteroatoms. The summed E-state index contributed by atoms with van der Waals surface area (Å²) in [5, 5.41) is 0. The van der Waals surface area contributed by atoms with E-state index in [9.17, 15) is 0 Å². The van der Waals surface area contributed by atoms with Crippen LogP contribution < -0.4 is 0 Å². The van der Waals surface area contributed by atoms with Crippen molar-refractivity contribution in [3.05, 3.63) is 6.42 Å². The summed E-state index contributed by atoms with van der Waals surface area (Å²) in [5.41, 5.74) is 0.270. The van der Waals surface area contributed by atoms with Crippen LogP contribution >= 0.6 is 0 Å². The zero-order chi connectivity index (χ0) is 10.8. The Hall–Kier alpha value is -0.0800. The normalized spacial score (nSPS) is 34.5. The maximum atomic E-state index is 5.74. The second-order valence-corrected chi connectivity index (χ2v) is 5.33. The van der Waals surface area contributed by atoms with Gasteiger partial charge in [-0.1, -0.05) is 20.8 Å². The smallest absolute Gasteiger partial charge is 0.0838 e. The van der Waals surface area contributed by atoms with E-state index in [1.165, 1.54) is 0 Å². The molecule has 83 valence electrons. The second-order valence-electron chi connectivity index (χ2n) is 5.33. The molecular formula is C12H23O2. The summed E-state index contributed by atoms with van der Waals surface area (Å²) in [5.74, 6) is 0. The molecule has 1 heterocycles. The Kier molecular flexibility index (Phi) is 3.96. The second kappa shape index (κ2) is 4.63. The van der Waals surface area contributed by atoms with Gasteiger partial charge in [-0.3, -0.25) is 0 Å². The number of hydrogen-bond donors (Lipinski definition) is 0. The lowest BCUT2D eigenvalue weighted by atomic mass is 9.88. The lowest BCUT2D eigenvalue weighted by molar-refractivity contribution is -0.167. The topological polar surface area (TPSA) is 18.5 Å². The molecule has 1 aliphatic rings. The molecule has 1 fully saturated rings. The quantitative estimate of drug-likeness (QED) is 0.681. The van der Waals surface area contributed by atoms with E-state index < -0.39 is 0 Å². The van der Waals surface area contributed by atoms with Crippen molar-refractivity contribution in [2.75, 3.05) is 6.61 Å². The fourth-order valence-corrected chi connectivity index (χ4v) is 1.62. The minimum Gasteiger partial charge on any atom is -0.373 e. The first-order valence-electron chi connectivity index (χ1n) is 5.50. The number of rotatable bonds is 2. The summed E-state index contributed by atoms with van der Waals surface area (Å²) >= 11 is 0. The van der Waals surface area contributed by atoms with Crippen LogP contribution in [0.5, 0.6) is 0 Å².